The highest BCUT2D eigenvalue weighted by Gasteiger charge is 2.33. The van der Waals surface area contributed by atoms with Gasteiger partial charge in [-0.3, -0.25) is 0 Å². The number of aliphatic imine (C=N–C) groups is 1. The average molecular weight is 483 g/mol. The van der Waals surface area contributed by atoms with Gasteiger partial charge in [0.25, 0.3) is 0 Å². The van der Waals surface area contributed by atoms with Crippen molar-refractivity contribution in [1.29, 1.82) is 0 Å². The molecule has 0 atom stereocenters. The van der Waals surface area contributed by atoms with Crippen molar-refractivity contribution >= 4 is 19.5 Å². The number of methoxy groups -OCH3 is 1. The summed E-state index contributed by atoms with van der Waals surface area (Å²) in [4.78, 5) is 4.59. The van der Waals surface area contributed by atoms with Gasteiger partial charge in [-0.05, 0) is 60.7 Å². The molecule has 8 heteroatoms. The summed E-state index contributed by atoms with van der Waals surface area (Å²) in [7, 11) is -1.72. The molecule has 0 saturated heterocycles. The lowest BCUT2D eigenvalue weighted by Crippen LogP contribution is -2.16. The first-order valence-corrected chi connectivity index (χ1v) is 12.4. The zero-order valence-corrected chi connectivity index (χ0v) is 19.8. The van der Waals surface area contributed by atoms with Crippen LogP contribution < -0.4 is 18.5 Å². The molecule has 0 radical (unpaired) electrons. The molecule has 1 heterocycles. The van der Waals surface area contributed by atoms with Crippen molar-refractivity contribution in [1.82, 2.24) is 0 Å². The highest BCUT2D eigenvalue weighted by Crippen LogP contribution is 2.55. The van der Waals surface area contributed by atoms with Gasteiger partial charge in [-0.15, -0.1) is 4.76 Å². The molecule has 174 valence electrons. The Morgan fingerprint density at radius 1 is 0.571 bits per heavy atom. The van der Waals surface area contributed by atoms with Crippen molar-refractivity contribution in [2.75, 3.05) is 7.11 Å². The zero-order chi connectivity index (χ0) is 23.9. The Bertz CT molecular complexity index is 1350. The molecule has 7 nitrogen and oxygen atoms in total. The Morgan fingerprint density at radius 2 is 1.09 bits per heavy atom. The standard InChI is InChI=1S/C27H22N3O4P/c1-31-22-19-17-21(18-20-22)26-28-27(32-23-11-5-2-6-12-23)30-35(29-26,33-24-13-7-3-8-14-24)34-25-15-9-4-10-16-25/h2-20H,1H3. The van der Waals surface area contributed by atoms with Gasteiger partial charge in [-0.1, -0.05) is 54.6 Å². The summed E-state index contributed by atoms with van der Waals surface area (Å²) in [5.41, 5.74) is 0.743. The van der Waals surface area contributed by atoms with Gasteiger partial charge in [0.15, 0.2) is 5.84 Å². The molecular formula is C27H22N3O4P. The topological polar surface area (TPSA) is 74.0 Å². The van der Waals surface area contributed by atoms with Crippen LogP contribution in [0.15, 0.2) is 130 Å². The largest absolute Gasteiger partial charge is 0.497 e. The van der Waals surface area contributed by atoms with Crippen molar-refractivity contribution in [2.24, 2.45) is 14.5 Å². The first kappa shape index (κ1) is 22.4. The Hall–Kier alpha value is -4.35. The molecule has 0 spiro atoms. The van der Waals surface area contributed by atoms with Crippen LogP contribution in [0.5, 0.6) is 23.0 Å². The van der Waals surface area contributed by atoms with E-state index in [2.05, 4.69) is 4.99 Å². The summed E-state index contributed by atoms with van der Waals surface area (Å²) in [5, 5.41) is 0. The molecule has 4 aromatic carbocycles. The summed E-state index contributed by atoms with van der Waals surface area (Å²) in [6, 6.07) is 35.5. The number of amidine groups is 2. The van der Waals surface area contributed by atoms with Gasteiger partial charge in [0.2, 0.25) is 0 Å². The van der Waals surface area contributed by atoms with Crippen molar-refractivity contribution < 1.29 is 18.5 Å². The van der Waals surface area contributed by atoms with Crippen LogP contribution in [0.25, 0.3) is 0 Å². The van der Waals surface area contributed by atoms with E-state index in [9.17, 15) is 0 Å². The Labute approximate surface area is 203 Å². The van der Waals surface area contributed by atoms with E-state index in [1.807, 2.05) is 115 Å². The fourth-order valence-electron chi connectivity index (χ4n) is 3.22. The second-order valence-electron chi connectivity index (χ2n) is 7.36. The third-order valence-electron chi connectivity index (χ3n) is 4.87. The van der Waals surface area contributed by atoms with Gasteiger partial charge in [-0.25, -0.2) is 0 Å². The third kappa shape index (κ3) is 5.60. The Balaban J connectivity index is 1.64. The summed E-state index contributed by atoms with van der Waals surface area (Å²) < 4.78 is 33.6. The van der Waals surface area contributed by atoms with Crippen LogP contribution in [0.4, 0.5) is 0 Å². The average Bonchev–Trinajstić information content (AvgIpc) is 2.90. The summed E-state index contributed by atoms with van der Waals surface area (Å²) >= 11 is 0. The van der Waals surface area contributed by atoms with Gasteiger partial charge in [0.05, 0.1) is 7.11 Å². The highest BCUT2D eigenvalue weighted by atomic mass is 31.2. The lowest BCUT2D eigenvalue weighted by molar-refractivity contribution is 0.415. The maximum absolute atomic E-state index is 6.36. The smallest absolute Gasteiger partial charge is 0.455 e. The number of hydrogen-bond acceptors (Lipinski definition) is 7. The summed E-state index contributed by atoms with van der Waals surface area (Å²) in [5.74, 6) is 2.83. The molecule has 0 unspecified atom stereocenters. The molecule has 1 aliphatic heterocycles. The van der Waals surface area contributed by atoms with E-state index in [4.69, 9.17) is 28.0 Å². The third-order valence-corrected chi connectivity index (χ3v) is 6.63. The van der Waals surface area contributed by atoms with Crippen molar-refractivity contribution in [3.63, 3.8) is 0 Å². The second kappa shape index (κ2) is 10.3. The predicted molar refractivity (Wildman–Crippen MR) is 138 cm³/mol. The van der Waals surface area contributed by atoms with E-state index in [-0.39, 0.29) is 6.02 Å². The maximum atomic E-state index is 6.36. The molecule has 1 aliphatic rings. The van der Waals surface area contributed by atoms with Crippen LogP contribution in [0.3, 0.4) is 0 Å². The lowest BCUT2D eigenvalue weighted by atomic mass is 10.2. The minimum atomic E-state index is -3.34. The molecule has 0 amide bonds. The van der Waals surface area contributed by atoms with Crippen molar-refractivity contribution in [2.45, 2.75) is 0 Å². The van der Waals surface area contributed by atoms with Crippen LogP contribution in [0.1, 0.15) is 5.56 Å². The van der Waals surface area contributed by atoms with Gasteiger partial charge < -0.3 is 18.5 Å². The quantitative estimate of drug-likeness (QED) is 0.266. The number of ether oxygens (including phenoxy) is 2. The Morgan fingerprint density at radius 3 is 1.60 bits per heavy atom. The fourth-order valence-corrected chi connectivity index (χ4v) is 4.96. The molecular weight excluding hydrogens is 461 g/mol. The first-order valence-electron chi connectivity index (χ1n) is 10.9. The number of benzene rings is 4. The number of para-hydroxylation sites is 3. The normalized spacial score (nSPS) is 14.1. The van der Waals surface area contributed by atoms with Gasteiger partial charge >= 0.3 is 13.7 Å². The summed E-state index contributed by atoms with van der Waals surface area (Å²) in [6.07, 6.45) is 0. The van der Waals surface area contributed by atoms with Crippen LogP contribution in [0, 0.1) is 0 Å². The molecule has 4 aromatic rings. The molecule has 0 aliphatic carbocycles. The minimum absolute atomic E-state index is 0.0946. The lowest BCUT2D eigenvalue weighted by Gasteiger charge is -2.24. The molecule has 0 aromatic heterocycles. The molecule has 0 saturated carbocycles. The molecule has 5 rings (SSSR count). The summed E-state index contributed by atoms with van der Waals surface area (Å²) in [6.45, 7) is 0. The van der Waals surface area contributed by atoms with E-state index < -0.39 is 7.66 Å². The Kier molecular flexibility index (Phi) is 6.59. The van der Waals surface area contributed by atoms with Crippen LogP contribution in [-0.2, 0) is 0 Å². The minimum Gasteiger partial charge on any atom is -0.497 e. The molecule has 35 heavy (non-hydrogen) atoms. The number of rotatable bonds is 7. The number of nitrogens with zero attached hydrogens (tertiary/aromatic N) is 3. The fraction of sp³-hybridized carbons (Fsp3) is 0.0370. The molecule has 0 N–H and O–H groups in total. The predicted octanol–water partition coefficient (Wildman–Crippen LogP) is 6.99. The van der Waals surface area contributed by atoms with E-state index in [0.29, 0.717) is 23.1 Å². The maximum Gasteiger partial charge on any atom is 0.455 e. The van der Waals surface area contributed by atoms with Gasteiger partial charge in [0, 0.05) is 5.56 Å². The van der Waals surface area contributed by atoms with Crippen molar-refractivity contribution in [3.8, 4) is 23.0 Å². The van der Waals surface area contributed by atoms with Crippen molar-refractivity contribution in [3.05, 3.63) is 121 Å². The monoisotopic (exact) mass is 483 g/mol. The highest BCUT2D eigenvalue weighted by molar-refractivity contribution is 7.56. The van der Waals surface area contributed by atoms with E-state index >= 15 is 0 Å². The number of hydrogen-bond donors (Lipinski definition) is 0. The van der Waals surface area contributed by atoms with Crippen LogP contribution >= 0.6 is 7.66 Å². The van der Waals surface area contributed by atoms with Gasteiger partial charge in [0.1, 0.15) is 23.0 Å². The molecule has 0 fully saturated rings. The first-order chi connectivity index (χ1) is 17.2. The zero-order valence-electron chi connectivity index (χ0n) is 18.9. The molecule has 0 bridgehead atoms. The second-order valence-corrected chi connectivity index (χ2v) is 9.11. The van der Waals surface area contributed by atoms with E-state index in [1.54, 1.807) is 7.11 Å². The van der Waals surface area contributed by atoms with Crippen LogP contribution in [0.2, 0.25) is 0 Å². The SMILES string of the molecule is COc1ccc(C2=NC(Oc3ccccc3)=NP(Oc3ccccc3)(Oc3ccccc3)=N2)cc1. The van der Waals surface area contributed by atoms with E-state index in [0.717, 1.165) is 11.3 Å². The van der Waals surface area contributed by atoms with Crippen LogP contribution in [-0.4, -0.2) is 19.0 Å². The van der Waals surface area contributed by atoms with Gasteiger partial charge in [-0.2, -0.15) is 9.74 Å². The van der Waals surface area contributed by atoms with E-state index in [1.165, 1.54) is 0 Å².